The lowest BCUT2D eigenvalue weighted by Crippen LogP contribution is -2.13. The van der Waals surface area contributed by atoms with Crippen molar-refractivity contribution in [3.63, 3.8) is 0 Å². The van der Waals surface area contributed by atoms with Gasteiger partial charge in [-0.2, -0.15) is 0 Å². The van der Waals surface area contributed by atoms with Gasteiger partial charge in [0.1, 0.15) is 0 Å². The van der Waals surface area contributed by atoms with E-state index in [1.54, 1.807) is 11.3 Å². The van der Waals surface area contributed by atoms with Crippen LogP contribution >= 0.6 is 11.3 Å². The summed E-state index contributed by atoms with van der Waals surface area (Å²) in [7, 11) is 0. The molecule has 0 aliphatic rings. The molecule has 1 N–H and O–H groups in total. The van der Waals surface area contributed by atoms with Crippen LogP contribution in [0, 0.1) is 0 Å². The lowest BCUT2D eigenvalue weighted by Gasteiger charge is -1.99. The van der Waals surface area contributed by atoms with E-state index in [-0.39, 0.29) is 0 Å². The van der Waals surface area contributed by atoms with Crippen LogP contribution in [0.1, 0.15) is 19.0 Å². The molecule has 19 heavy (non-hydrogen) atoms. The molecule has 0 amide bonds. The van der Waals surface area contributed by atoms with Crippen LogP contribution in [-0.2, 0) is 6.54 Å². The van der Waals surface area contributed by atoms with Crippen LogP contribution < -0.4 is 5.32 Å². The highest BCUT2D eigenvalue weighted by Crippen LogP contribution is 2.20. The first-order valence-electron chi connectivity index (χ1n) is 6.32. The van der Waals surface area contributed by atoms with Crippen LogP contribution in [-0.4, -0.2) is 26.5 Å². The Kier molecular flexibility index (Phi) is 3.52. The average Bonchev–Trinajstić information content (AvgIpc) is 3.06. The first kappa shape index (κ1) is 12.3. The van der Waals surface area contributed by atoms with Crippen molar-refractivity contribution in [1.82, 2.24) is 25.3 Å². The molecule has 0 atom stereocenters. The first-order valence-corrected chi connectivity index (χ1v) is 7.20. The topological polar surface area (TPSA) is 55.6 Å². The van der Waals surface area contributed by atoms with Gasteiger partial charge in [0.25, 0.3) is 0 Å². The van der Waals surface area contributed by atoms with Crippen molar-refractivity contribution < 1.29 is 0 Å². The van der Waals surface area contributed by atoms with Crippen molar-refractivity contribution in [1.29, 1.82) is 0 Å². The van der Waals surface area contributed by atoms with Crippen LogP contribution in [0.4, 0.5) is 0 Å². The zero-order valence-corrected chi connectivity index (χ0v) is 11.5. The third-order valence-corrected chi connectivity index (χ3v) is 3.64. The van der Waals surface area contributed by atoms with E-state index in [0.29, 0.717) is 0 Å². The van der Waals surface area contributed by atoms with E-state index in [0.717, 1.165) is 36.4 Å². The molecule has 2 aromatic heterocycles. The van der Waals surface area contributed by atoms with Crippen LogP contribution in [0.2, 0.25) is 0 Å². The number of rotatable bonds is 5. The number of hydrogen-bond acceptors (Lipinski definition) is 5. The van der Waals surface area contributed by atoms with E-state index >= 15 is 0 Å². The van der Waals surface area contributed by atoms with Crippen LogP contribution in [0.3, 0.4) is 0 Å². The third kappa shape index (κ3) is 2.64. The lowest BCUT2D eigenvalue weighted by atomic mass is 10.3. The Balaban J connectivity index is 1.81. The molecule has 0 bridgehead atoms. The first-order chi connectivity index (χ1) is 9.36. The molecule has 3 rings (SSSR count). The Morgan fingerprint density at radius 1 is 1.37 bits per heavy atom. The van der Waals surface area contributed by atoms with Gasteiger partial charge >= 0.3 is 0 Å². The van der Waals surface area contributed by atoms with Crippen molar-refractivity contribution in [3.05, 3.63) is 35.6 Å². The van der Waals surface area contributed by atoms with Crippen molar-refractivity contribution in [3.8, 4) is 5.69 Å². The van der Waals surface area contributed by atoms with Gasteiger partial charge in [-0.15, -0.1) is 16.4 Å². The molecule has 3 aromatic rings. The maximum atomic E-state index is 4.27. The number of nitrogens with zero attached hydrogens (tertiary/aromatic N) is 4. The molecule has 0 aliphatic heterocycles. The predicted octanol–water partition coefficient (Wildman–Crippen LogP) is 2.38. The molecule has 2 heterocycles. The highest BCUT2D eigenvalue weighted by Gasteiger charge is 2.04. The van der Waals surface area contributed by atoms with Crippen LogP contribution in [0.25, 0.3) is 15.9 Å². The largest absolute Gasteiger partial charge is 0.311 e. The molecular formula is C13H15N5S. The minimum atomic E-state index is 0.761. The number of thiazole rings is 1. The summed E-state index contributed by atoms with van der Waals surface area (Å²) in [6.45, 7) is 3.91. The second kappa shape index (κ2) is 5.46. The van der Waals surface area contributed by atoms with Gasteiger partial charge in [-0.25, -0.2) is 9.67 Å². The summed E-state index contributed by atoms with van der Waals surface area (Å²) in [5, 5.41) is 11.7. The van der Waals surface area contributed by atoms with Crippen molar-refractivity contribution in [2.45, 2.75) is 19.9 Å². The Hall–Kier alpha value is -1.79. The highest BCUT2D eigenvalue weighted by atomic mass is 32.1. The molecule has 0 fully saturated rings. The van der Waals surface area contributed by atoms with Gasteiger partial charge in [-0.1, -0.05) is 12.1 Å². The normalized spacial score (nSPS) is 11.2. The fraction of sp³-hybridized carbons (Fsp3) is 0.308. The monoisotopic (exact) mass is 273 g/mol. The molecule has 5 nitrogen and oxygen atoms in total. The molecule has 0 spiro atoms. The van der Waals surface area contributed by atoms with Gasteiger partial charge in [-0.3, -0.25) is 0 Å². The number of aromatic nitrogens is 4. The summed E-state index contributed by atoms with van der Waals surface area (Å²) in [6, 6.07) is 6.11. The molecule has 98 valence electrons. The van der Waals surface area contributed by atoms with Gasteiger partial charge in [0.15, 0.2) is 0 Å². The van der Waals surface area contributed by atoms with Gasteiger partial charge < -0.3 is 5.32 Å². The molecule has 0 unspecified atom stereocenters. The average molecular weight is 273 g/mol. The Morgan fingerprint density at radius 3 is 3.21 bits per heavy atom. The highest BCUT2D eigenvalue weighted by molar-refractivity contribution is 7.16. The Labute approximate surface area is 115 Å². The van der Waals surface area contributed by atoms with E-state index in [1.165, 1.54) is 4.70 Å². The Morgan fingerprint density at radius 2 is 2.32 bits per heavy atom. The third-order valence-electron chi connectivity index (χ3n) is 2.85. The number of hydrogen-bond donors (Lipinski definition) is 1. The predicted molar refractivity (Wildman–Crippen MR) is 76.5 cm³/mol. The molecule has 1 aromatic carbocycles. The van der Waals surface area contributed by atoms with Crippen molar-refractivity contribution in [2.24, 2.45) is 0 Å². The second-order valence-electron chi connectivity index (χ2n) is 4.34. The van der Waals surface area contributed by atoms with Crippen molar-refractivity contribution in [2.75, 3.05) is 6.54 Å². The van der Waals surface area contributed by atoms with Gasteiger partial charge in [0.2, 0.25) is 0 Å². The zero-order valence-electron chi connectivity index (χ0n) is 10.7. The summed E-state index contributed by atoms with van der Waals surface area (Å²) in [6.07, 6.45) is 3.08. The van der Waals surface area contributed by atoms with E-state index in [9.17, 15) is 0 Å². The summed E-state index contributed by atoms with van der Waals surface area (Å²) in [5.74, 6) is 0. The molecule has 6 heteroatoms. The van der Waals surface area contributed by atoms with E-state index < -0.39 is 0 Å². The number of fused-ring (bicyclic) bond motifs is 1. The maximum absolute atomic E-state index is 4.27. The van der Waals surface area contributed by atoms with Gasteiger partial charge in [0, 0.05) is 6.54 Å². The fourth-order valence-electron chi connectivity index (χ4n) is 1.89. The van der Waals surface area contributed by atoms with E-state index in [4.69, 9.17) is 0 Å². The quantitative estimate of drug-likeness (QED) is 0.725. The van der Waals surface area contributed by atoms with E-state index in [2.05, 4.69) is 33.6 Å². The summed E-state index contributed by atoms with van der Waals surface area (Å²) in [4.78, 5) is 4.27. The SMILES string of the molecule is CCCNCc1cn(-c2ccc3ncsc3c2)nn1. The van der Waals surface area contributed by atoms with Gasteiger partial charge in [0.05, 0.1) is 33.3 Å². The van der Waals surface area contributed by atoms with Crippen molar-refractivity contribution >= 4 is 21.6 Å². The van der Waals surface area contributed by atoms with Gasteiger partial charge in [-0.05, 0) is 31.2 Å². The minimum Gasteiger partial charge on any atom is -0.311 e. The number of benzene rings is 1. The van der Waals surface area contributed by atoms with E-state index in [1.807, 2.05) is 28.5 Å². The fourth-order valence-corrected chi connectivity index (χ4v) is 2.60. The summed E-state index contributed by atoms with van der Waals surface area (Å²) >= 11 is 1.63. The summed E-state index contributed by atoms with van der Waals surface area (Å²) in [5.41, 5.74) is 4.86. The maximum Gasteiger partial charge on any atom is 0.0969 e. The molecule has 0 aliphatic carbocycles. The lowest BCUT2D eigenvalue weighted by molar-refractivity contribution is 0.662. The van der Waals surface area contributed by atoms with Crippen LogP contribution in [0.5, 0.6) is 0 Å². The number of nitrogens with one attached hydrogen (secondary N) is 1. The smallest absolute Gasteiger partial charge is 0.0969 e. The minimum absolute atomic E-state index is 0.761. The molecular weight excluding hydrogens is 258 g/mol. The summed E-state index contributed by atoms with van der Waals surface area (Å²) < 4.78 is 2.97. The molecule has 0 saturated heterocycles. The van der Waals surface area contributed by atoms with Crippen LogP contribution in [0.15, 0.2) is 29.9 Å². The molecule has 0 radical (unpaired) electrons. The Bertz CT molecular complexity index is 672. The standard InChI is InChI=1S/C13H15N5S/c1-2-5-14-7-10-8-18(17-16-10)11-3-4-12-13(6-11)19-9-15-12/h3-4,6,8-9,14H,2,5,7H2,1H3. The molecule has 0 saturated carbocycles. The zero-order chi connectivity index (χ0) is 13.1. The second-order valence-corrected chi connectivity index (χ2v) is 5.22.